The number of rotatable bonds is 2. The maximum Gasteiger partial charge on any atom is 0.413 e. The summed E-state index contributed by atoms with van der Waals surface area (Å²) in [5.41, 5.74) is 0. The van der Waals surface area contributed by atoms with Gasteiger partial charge in [-0.1, -0.05) is 0 Å². The van der Waals surface area contributed by atoms with Crippen molar-refractivity contribution < 1.29 is 36.1 Å². The first-order valence-corrected chi connectivity index (χ1v) is 4.44. The molecule has 1 heterocycles. The predicted molar refractivity (Wildman–Crippen MR) is 42.5 cm³/mol. The lowest BCUT2D eigenvalue weighted by atomic mass is 10.5. The fourth-order valence-corrected chi connectivity index (χ4v) is 1.17. The second-order valence-electron chi connectivity index (χ2n) is 2.04. The summed E-state index contributed by atoms with van der Waals surface area (Å²) in [6.07, 6.45) is 0. The maximum absolute atomic E-state index is 10.2. The minimum atomic E-state index is -4.35. The quantitative estimate of drug-likeness (QED) is 0.659. The summed E-state index contributed by atoms with van der Waals surface area (Å²) >= 11 is 0. The molecule has 0 amide bonds. The van der Waals surface area contributed by atoms with E-state index in [-0.39, 0.29) is 14.1 Å². The molecule has 0 saturated carbocycles. The van der Waals surface area contributed by atoms with Gasteiger partial charge in [-0.05, 0) is 0 Å². The van der Waals surface area contributed by atoms with E-state index in [2.05, 4.69) is 4.28 Å². The first-order valence-electron chi connectivity index (χ1n) is 3.07. The Kier molecular flexibility index (Phi) is 10.9. The van der Waals surface area contributed by atoms with E-state index in [0.29, 0.717) is 26.3 Å². The van der Waals surface area contributed by atoms with Crippen LogP contribution >= 0.6 is 0 Å². The van der Waals surface area contributed by atoms with Crippen molar-refractivity contribution in [2.45, 2.75) is 0 Å². The Bertz CT molecular complexity index is 217. The normalized spacial score (nSPS) is 17.2. The molecule has 90 valence electrons. The Labute approximate surface area is 78.8 Å². The third kappa shape index (κ3) is 8.19. The van der Waals surface area contributed by atoms with Gasteiger partial charge in [-0.25, -0.2) is 0 Å². The van der Waals surface area contributed by atoms with Crippen molar-refractivity contribution in [3.63, 3.8) is 0 Å². The second-order valence-corrected chi connectivity index (χ2v) is 3.05. The standard InChI is InChI=1S/C4H9NO5S.3FH/c6-11(7,8)10-5-1-3-9-4-2-5;;;/h1-4H2,(H,6,7,8);3*1H. The molecule has 1 aliphatic rings. The van der Waals surface area contributed by atoms with Crippen molar-refractivity contribution in [3.8, 4) is 0 Å². The van der Waals surface area contributed by atoms with Gasteiger partial charge in [-0.3, -0.25) is 18.7 Å². The van der Waals surface area contributed by atoms with Crippen LogP contribution in [0.2, 0.25) is 0 Å². The highest BCUT2D eigenvalue weighted by atomic mass is 32.3. The van der Waals surface area contributed by atoms with Crippen LogP contribution in [0.1, 0.15) is 0 Å². The Morgan fingerprint density at radius 3 is 1.93 bits per heavy atom. The molecule has 0 aromatic heterocycles. The molecule has 1 saturated heterocycles. The summed E-state index contributed by atoms with van der Waals surface area (Å²) < 4.78 is 37.6. The highest BCUT2D eigenvalue weighted by molar-refractivity contribution is 7.80. The van der Waals surface area contributed by atoms with E-state index in [1.54, 1.807) is 0 Å². The molecule has 0 aromatic rings. The highest BCUT2D eigenvalue weighted by Crippen LogP contribution is 2.00. The largest absolute Gasteiger partial charge is 0.413 e. The molecule has 1 N–H and O–H groups in total. The number of halogens is 3. The monoisotopic (exact) mass is 243 g/mol. The number of morpholine rings is 1. The first-order chi connectivity index (χ1) is 5.08. The fourth-order valence-electron chi connectivity index (χ4n) is 0.754. The van der Waals surface area contributed by atoms with Gasteiger partial charge in [-0.15, -0.1) is 0 Å². The summed E-state index contributed by atoms with van der Waals surface area (Å²) in [5, 5.41) is 1.14. The molecule has 1 aliphatic heterocycles. The van der Waals surface area contributed by atoms with Crippen LogP contribution in [0.5, 0.6) is 0 Å². The Morgan fingerprint density at radius 2 is 1.57 bits per heavy atom. The van der Waals surface area contributed by atoms with E-state index in [0.717, 1.165) is 5.06 Å². The number of hydrogen-bond acceptors (Lipinski definition) is 5. The molecule has 14 heavy (non-hydrogen) atoms. The van der Waals surface area contributed by atoms with E-state index in [9.17, 15) is 8.42 Å². The molecule has 0 radical (unpaired) electrons. The van der Waals surface area contributed by atoms with Gasteiger partial charge in [0, 0.05) is 13.1 Å². The van der Waals surface area contributed by atoms with Crippen LogP contribution in [0, 0.1) is 0 Å². The average Bonchev–Trinajstić information content (AvgIpc) is 1.85. The topological polar surface area (TPSA) is 76.1 Å². The van der Waals surface area contributed by atoms with Crippen LogP contribution in [0.4, 0.5) is 14.1 Å². The Hall–Kier alpha value is -0.420. The van der Waals surface area contributed by atoms with Gasteiger partial charge in [-0.2, -0.15) is 17.8 Å². The third-order valence-corrected chi connectivity index (χ3v) is 1.57. The summed E-state index contributed by atoms with van der Waals surface area (Å²) in [6, 6.07) is 0. The van der Waals surface area contributed by atoms with Crippen LogP contribution in [0.3, 0.4) is 0 Å². The van der Waals surface area contributed by atoms with Gasteiger partial charge in [0.25, 0.3) is 0 Å². The summed E-state index contributed by atoms with van der Waals surface area (Å²) in [5.74, 6) is 0. The van der Waals surface area contributed by atoms with Crippen molar-refractivity contribution in [1.29, 1.82) is 0 Å². The van der Waals surface area contributed by atoms with Crippen molar-refractivity contribution >= 4 is 10.4 Å². The third-order valence-electron chi connectivity index (χ3n) is 1.17. The maximum atomic E-state index is 10.2. The van der Waals surface area contributed by atoms with E-state index in [1.165, 1.54) is 0 Å². The van der Waals surface area contributed by atoms with Gasteiger partial charge >= 0.3 is 10.4 Å². The van der Waals surface area contributed by atoms with E-state index >= 15 is 0 Å². The van der Waals surface area contributed by atoms with Crippen LogP contribution in [0.25, 0.3) is 0 Å². The van der Waals surface area contributed by atoms with E-state index in [4.69, 9.17) is 9.29 Å². The van der Waals surface area contributed by atoms with Crippen LogP contribution in [-0.4, -0.2) is 44.3 Å². The molecule has 0 unspecified atom stereocenters. The molecule has 0 aromatic carbocycles. The smallest absolute Gasteiger partial charge is 0.379 e. The minimum absolute atomic E-state index is 0. The van der Waals surface area contributed by atoms with Gasteiger partial charge in [0.05, 0.1) is 13.2 Å². The molecule has 1 fully saturated rings. The molecule has 0 spiro atoms. The number of ether oxygens (including phenoxy) is 1. The highest BCUT2D eigenvalue weighted by Gasteiger charge is 2.16. The minimum Gasteiger partial charge on any atom is -0.379 e. The van der Waals surface area contributed by atoms with Crippen molar-refractivity contribution in [2.75, 3.05) is 26.3 Å². The number of nitrogens with zero attached hydrogens (tertiary/aromatic N) is 1. The van der Waals surface area contributed by atoms with Gasteiger partial charge in [0.1, 0.15) is 0 Å². The van der Waals surface area contributed by atoms with Gasteiger partial charge < -0.3 is 4.74 Å². The average molecular weight is 243 g/mol. The molecule has 0 aliphatic carbocycles. The second kappa shape index (κ2) is 7.94. The molecule has 10 heteroatoms. The number of hydroxylamine groups is 2. The fraction of sp³-hybridized carbons (Fsp3) is 1.00. The van der Waals surface area contributed by atoms with Gasteiger partial charge in [0.2, 0.25) is 0 Å². The molecule has 0 bridgehead atoms. The molecule has 0 atom stereocenters. The van der Waals surface area contributed by atoms with Crippen LogP contribution in [-0.2, 0) is 19.4 Å². The Balaban J connectivity index is -0.000000403. The Morgan fingerprint density at radius 1 is 1.14 bits per heavy atom. The molecular weight excluding hydrogens is 231 g/mol. The zero-order chi connectivity index (χ0) is 8.32. The predicted octanol–water partition coefficient (Wildman–Crippen LogP) is -0.489. The molecular formula is C4H12F3NO5S. The lowest BCUT2D eigenvalue weighted by Gasteiger charge is -2.23. The lowest BCUT2D eigenvalue weighted by molar-refractivity contribution is -0.119. The summed E-state index contributed by atoms with van der Waals surface area (Å²) in [6.45, 7) is 1.52. The first kappa shape index (κ1) is 19.2. The summed E-state index contributed by atoms with van der Waals surface area (Å²) in [4.78, 5) is 0. The van der Waals surface area contributed by atoms with Crippen molar-refractivity contribution in [2.24, 2.45) is 0 Å². The van der Waals surface area contributed by atoms with Gasteiger partial charge in [0.15, 0.2) is 0 Å². The lowest BCUT2D eigenvalue weighted by Crippen LogP contribution is -2.37. The zero-order valence-electron chi connectivity index (χ0n) is 6.99. The van der Waals surface area contributed by atoms with E-state index in [1.807, 2.05) is 0 Å². The molecule has 1 rings (SSSR count). The van der Waals surface area contributed by atoms with Crippen LogP contribution < -0.4 is 0 Å². The summed E-state index contributed by atoms with van der Waals surface area (Å²) in [7, 11) is -4.35. The zero-order valence-corrected chi connectivity index (χ0v) is 7.81. The van der Waals surface area contributed by atoms with Crippen molar-refractivity contribution in [1.82, 2.24) is 5.06 Å². The molecule has 6 nitrogen and oxygen atoms in total. The van der Waals surface area contributed by atoms with Crippen molar-refractivity contribution in [3.05, 3.63) is 0 Å². The number of hydrogen-bond donors (Lipinski definition) is 1. The SMILES string of the molecule is F.F.F.O=S(=O)(O)ON1CCOCC1. The van der Waals surface area contributed by atoms with Crippen LogP contribution in [0.15, 0.2) is 0 Å². The van der Waals surface area contributed by atoms with E-state index < -0.39 is 10.4 Å².